The van der Waals surface area contributed by atoms with E-state index in [9.17, 15) is 18.8 Å². The molecule has 1 unspecified atom stereocenters. The van der Waals surface area contributed by atoms with E-state index >= 15 is 0 Å². The highest BCUT2D eigenvalue weighted by atomic mass is 32.1. The summed E-state index contributed by atoms with van der Waals surface area (Å²) in [7, 11) is 0. The highest BCUT2D eigenvalue weighted by molar-refractivity contribution is 7.10. The summed E-state index contributed by atoms with van der Waals surface area (Å²) in [6.45, 7) is 2.28. The molecule has 0 radical (unpaired) electrons. The molecule has 3 aromatic rings. The Morgan fingerprint density at radius 2 is 1.73 bits per heavy atom. The van der Waals surface area contributed by atoms with Crippen molar-refractivity contribution in [3.05, 3.63) is 81.8 Å². The van der Waals surface area contributed by atoms with Crippen LogP contribution in [-0.2, 0) is 19.1 Å². The van der Waals surface area contributed by atoms with Crippen LogP contribution >= 0.6 is 11.3 Å². The van der Waals surface area contributed by atoms with Crippen LogP contribution in [0, 0.1) is 11.2 Å². The Bertz CT molecular complexity index is 1450. The van der Waals surface area contributed by atoms with Crippen molar-refractivity contribution in [1.82, 2.24) is 15.5 Å². The molecular formula is C29H30FN5O5S. The van der Waals surface area contributed by atoms with Gasteiger partial charge in [0.05, 0.1) is 32.3 Å². The van der Waals surface area contributed by atoms with Crippen molar-refractivity contribution >= 4 is 34.9 Å². The van der Waals surface area contributed by atoms with Gasteiger partial charge in [0.1, 0.15) is 17.7 Å². The molecule has 5 N–H and O–H groups in total. The maximum atomic E-state index is 13.4. The lowest BCUT2D eigenvalue weighted by Gasteiger charge is -2.25. The van der Waals surface area contributed by atoms with Gasteiger partial charge in [-0.2, -0.15) is 0 Å². The fourth-order valence-corrected chi connectivity index (χ4v) is 5.88. The number of carbonyl (C=O) groups is 3. The van der Waals surface area contributed by atoms with E-state index in [2.05, 4.69) is 10.6 Å². The third kappa shape index (κ3) is 6.29. The van der Waals surface area contributed by atoms with E-state index in [0.29, 0.717) is 24.3 Å². The van der Waals surface area contributed by atoms with E-state index in [1.807, 2.05) is 6.92 Å². The summed E-state index contributed by atoms with van der Waals surface area (Å²) in [5.41, 5.74) is 8.12. The number of carbonyl (C=O) groups excluding carboxylic acids is 3. The molecule has 1 aromatic heterocycles. The summed E-state index contributed by atoms with van der Waals surface area (Å²) in [6, 6.07) is 13.3. The monoisotopic (exact) mass is 579 g/mol. The number of hydrogen-bond acceptors (Lipinski definition) is 7. The van der Waals surface area contributed by atoms with Gasteiger partial charge in [-0.3, -0.25) is 19.8 Å². The second-order valence-electron chi connectivity index (χ2n) is 10.00. The molecular weight excluding hydrogens is 549 g/mol. The fraction of sp³-hybridized carbons (Fsp3) is 0.310. The van der Waals surface area contributed by atoms with Crippen LogP contribution in [0.3, 0.4) is 0 Å². The molecule has 214 valence electrons. The topological polar surface area (TPSA) is 147 Å². The molecule has 10 nitrogen and oxygen atoms in total. The average Bonchev–Trinajstić information content (AvgIpc) is 3.73. The quantitative estimate of drug-likeness (QED) is 0.238. The predicted octanol–water partition coefficient (Wildman–Crippen LogP) is 2.79. The van der Waals surface area contributed by atoms with Gasteiger partial charge < -0.3 is 30.7 Å². The Kier molecular flexibility index (Phi) is 8.15. The molecule has 2 aromatic carbocycles. The summed E-state index contributed by atoms with van der Waals surface area (Å²) in [6.07, 6.45) is 0.166. The van der Waals surface area contributed by atoms with Gasteiger partial charge in [0, 0.05) is 27.8 Å². The molecule has 2 aliphatic rings. The summed E-state index contributed by atoms with van der Waals surface area (Å²) in [5, 5.41) is 14.9. The van der Waals surface area contributed by atoms with Crippen LogP contribution in [0.25, 0.3) is 11.1 Å². The van der Waals surface area contributed by atoms with Crippen LogP contribution in [0.2, 0.25) is 0 Å². The summed E-state index contributed by atoms with van der Waals surface area (Å²) < 4.78 is 24.8. The van der Waals surface area contributed by atoms with E-state index in [1.165, 1.54) is 28.4 Å². The molecule has 2 aliphatic heterocycles. The Morgan fingerprint density at radius 1 is 1.10 bits per heavy atom. The molecule has 0 saturated carbocycles. The van der Waals surface area contributed by atoms with Gasteiger partial charge in [-0.25, -0.2) is 4.39 Å². The minimum absolute atomic E-state index is 0.0538. The van der Waals surface area contributed by atoms with Crippen molar-refractivity contribution in [2.45, 2.75) is 31.2 Å². The molecule has 5 rings (SSSR count). The third-order valence-corrected chi connectivity index (χ3v) is 8.28. The molecule has 2 atom stereocenters. The van der Waals surface area contributed by atoms with Crippen LogP contribution in [0.4, 0.5) is 4.39 Å². The molecule has 2 saturated heterocycles. The lowest BCUT2D eigenvalue weighted by molar-refractivity contribution is -0.152. The molecule has 41 heavy (non-hydrogen) atoms. The number of ether oxygens (including phenoxy) is 2. The number of rotatable bonds is 8. The molecule has 12 heteroatoms. The SMILES string of the molecule is C[C@@H](NC(=O)C1CC2(CN1C(=O)CNC(=O)c1ccc(-c3ccc(F)cc3)cc1)OCCO2)c1cc(C(=N)N)cs1. The van der Waals surface area contributed by atoms with E-state index < -0.39 is 23.6 Å². The van der Waals surface area contributed by atoms with Crippen molar-refractivity contribution in [3.8, 4) is 11.1 Å². The van der Waals surface area contributed by atoms with Gasteiger partial charge in [0.2, 0.25) is 11.8 Å². The highest BCUT2D eigenvalue weighted by Gasteiger charge is 2.52. The lowest BCUT2D eigenvalue weighted by atomic mass is 10.0. The normalized spacial score (nSPS) is 18.3. The largest absolute Gasteiger partial charge is 0.384 e. The van der Waals surface area contributed by atoms with Crippen molar-refractivity contribution in [2.75, 3.05) is 26.3 Å². The molecule has 1 spiro atoms. The van der Waals surface area contributed by atoms with Crippen molar-refractivity contribution < 1.29 is 28.2 Å². The van der Waals surface area contributed by atoms with Gasteiger partial charge in [-0.15, -0.1) is 11.3 Å². The first-order chi connectivity index (χ1) is 19.6. The highest BCUT2D eigenvalue weighted by Crippen LogP contribution is 2.35. The Morgan fingerprint density at radius 3 is 2.34 bits per heavy atom. The number of benzene rings is 2. The molecule has 2 fully saturated rings. The Balaban J connectivity index is 1.22. The van der Waals surface area contributed by atoms with E-state index in [0.717, 1.165) is 16.0 Å². The Labute approximate surface area is 240 Å². The van der Waals surface area contributed by atoms with E-state index in [-0.39, 0.29) is 43.1 Å². The number of nitrogens with two attached hydrogens (primary N) is 1. The van der Waals surface area contributed by atoms with Crippen LogP contribution in [-0.4, -0.2) is 66.6 Å². The number of hydrogen-bond donors (Lipinski definition) is 4. The molecule has 3 amide bonds. The van der Waals surface area contributed by atoms with Crippen LogP contribution in [0.5, 0.6) is 0 Å². The third-order valence-electron chi connectivity index (χ3n) is 7.17. The maximum Gasteiger partial charge on any atom is 0.251 e. The van der Waals surface area contributed by atoms with Crippen LogP contribution < -0.4 is 16.4 Å². The average molecular weight is 580 g/mol. The summed E-state index contributed by atoms with van der Waals surface area (Å²) in [5.74, 6) is -2.71. The number of likely N-dealkylation sites (tertiary alicyclic amines) is 1. The minimum Gasteiger partial charge on any atom is -0.384 e. The van der Waals surface area contributed by atoms with Gasteiger partial charge in [-0.05, 0) is 48.4 Å². The van der Waals surface area contributed by atoms with Crippen LogP contribution in [0.1, 0.15) is 40.2 Å². The van der Waals surface area contributed by atoms with E-state index in [4.69, 9.17) is 20.6 Å². The zero-order chi connectivity index (χ0) is 29.1. The number of thiophene rings is 1. The van der Waals surface area contributed by atoms with Gasteiger partial charge >= 0.3 is 0 Å². The second kappa shape index (κ2) is 11.8. The number of nitrogens with zero attached hydrogens (tertiary/aromatic N) is 1. The first-order valence-corrected chi connectivity index (χ1v) is 14.0. The summed E-state index contributed by atoms with van der Waals surface area (Å²) >= 11 is 1.38. The summed E-state index contributed by atoms with van der Waals surface area (Å²) in [4.78, 5) is 41.7. The zero-order valence-electron chi connectivity index (χ0n) is 22.3. The zero-order valence-corrected chi connectivity index (χ0v) is 23.1. The molecule has 0 aliphatic carbocycles. The first kappa shape index (κ1) is 28.4. The number of nitrogen functional groups attached to an aromatic ring is 1. The standard InChI is InChI=1S/C29H30FN5O5S/c1-17(24-12-21(15-41-24)26(31)32)34-28(38)23-13-29(39-10-11-40-29)16-35(23)25(36)14-33-27(37)20-4-2-18(3-5-20)19-6-8-22(30)9-7-19/h2-9,12,15,17,23H,10-11,13-14,16H2,1H3,(H3,31,32)(H,33,37)(H,34,38)/t17-,23?/m1/s1. The van der Waals surface area contributed by atoms with Crippen molar-refractivity contribution in [2.24, 2.45) is 5.73 Å². The maximum absolute atomic E-state index is 13.4. The Hall–Kier alpha value is -4.13. The van der Waals surface area contributed by atoms with Crippen molar-refractivity contribution in [1.29, 1.82) is 5.41 Å². The first-order valence-electron chi connectivity index (χ1n) is 13.1. The fourth-order valence-electron chi connectivity index (χ4n) is 4.96. The van der Waals surface area contributed by atoms with Gasteiger partial charge in [-0.1, -0.05) is 24.3 Å². The number of amides is 3. The predicted molar refractivity (Wildman–Crippen MR) is 151 cm³/mol. The van der Waals surface area contributed by atoms with E-state index in [1.54, 1.807) is 47.8 Å². The number of nitrogens with one attached hydrogen (secondary N) is 3. The smallest absolute Gasteiger partial charge is 0.251 e. The molecule has 3 heterocycles. The number of halogens is 1. The minimum atomic E-state index is -1.06. The molecule has 0 bridgehead atoms. The van der Waals surface area contributed by atoms with Crippen molar-refractivity contribution in [3.63, 3.8) is 0 Å². The number of amidine groups is 1. The second-order valence-corrected chi connectivity index (χ2v) is 10.9. The van der Waals surface area contributed by atoms with Gasteiger partial charge in [0.25, 0.3) is 5.91 Å². The lowest BCUT2D eigenvalue weighted by Crippen LogP contribution is -2.49. The van der Waals surface area contributed by atoms with Crippen LogP contribution in [0.15, 0.2) is 60.0 Å². The van der Waals surface area contributed by atoms with Gasteiger partial charge in [0.15, 0.2) is 5.79 Å².